The standard InChI is InChI=1S/C17H20N4O4S/c22-16(20-13-6-8-26(24,25)11-13)5-7-18-17(23)21-14-9-12-3-1-2-4-15(12)19-10-14/h1-4,9-10,13H,5-8,11H2,(H,20,22)(H2,18,21,23)/t13-/m1/s1. The van der Waals surface area contributed by atoms with Crippen LogP contribution in [0.25, 0.3) is 10.9 Å². The van der Waals surface area contributed by atoms with E-state index >= 15 is 0 Å². The van der Waals surface area contributed by atoms with Gasteiger partial charge in [-0.15, -0.1) is 0 Å². The zero-order valence-electron chi connectivity index (χ0n) is 14.1. The molecule has 1 aromatic heterocycles. The third kappa shape index (κ3) is 4.92. The second-order valence-corrected chi connectivity index (χ2v) is 8.44. The highest BCUT2D eigenvalue weighted by Crippen LogP contribution is 2.15. The van der Waals surface area contributed by atoms with E-state index in [2.05, 4.69) is 20.9 Å². The Hall–Kier alpha value is -2.68. The molecule has 3 N–H and O–H groups in total. The second-order valence-electron chi connectivity index (χ2n) is 6.22. The molecule has 138 valence electrons. The molecule has 3 rings (SSSR count). The summed E-state index contributed by atoms with van der Waals surface area (Å²) in [6, 6.07) is 8.62. The first-order chi connectivity index (χ1) is 12.4. The van der Waals surface area contributed by atoms with Crippen molar-refractivity contribution in [2.75, 3.05) is 23.4 Å². The summed E-state index contributed by atoms with van der Waals surface area (Å²) >= 11 is 0. The third-order valence-electron chi connectivity index (χ3n) is 4.08. The molecule has 1 saturated heterocycles. The summed E-state index contributed by atoms with van der Waals surface area (Å²) in [4.78, 5) is 28.0. The Morgan fingerprint density at radius 2 is 2.04 bits per heavy atom. The number of fused-ring (bicyclic) bond motifs is 1. The molecule has 2 heterocycles. The molecule has 0 bridgehead atoms. The minimum atomic E-state index is -3.03. The van der Waals surface area contributed by atoms with E-state index in [1.54, 1.807) is 6.20 Å². The number of nitrogens with one attached hydrogen (secondary N) is 3. The fourth-order valence-corrected chi connectivity index (χ4v) is 4.49. The Morgan fingerprint density at radius 1 is 1.23 bits per heavy atom. The van der Waals surface area contributed by atoms with Gasteiger partial charge < -0.3 is 16.0 Å². The third-order valence-corrected chi connectivity index (χ3v) is 5.85. The number of sulfone groups is 1. The molecule has 1 atom stereocenters. The van der Waals surface area contributed by atoms with E-state index in [1.165, 1.54) is 0 Å². The van der Waals surface area contributed by atoms with Gasteiger partial charge in [0.1, 0.15) is 0 Å². The van der Waals surface area contributed by atoms with Gasteiger partial charge in [0, 0.05) is 24.4 Å². The smallest absolute Gasteiger partial charge is 0.319 e. The van der Waals surface area contributed by atoms with Gasteiger partial charge in [-0.2, -0.15) is 0 Å². The molecule has 0 radical (unpaired) electrons. The van der Waals surface area contributed by atoms with Crippen LogP contribution < -0.4 is 16.0 Å². The summed E-state index contributed by atoms with van der Waals surface area (Å²) in [5.41, 5.74) is 1.39. The fraction of sp³-hybridized carbons (Fsp3) is 0.353. The lowest BCUT2D eigenvalue weighted by molar-refractivity contribution is -0.121. The maximum atomic E-state index is 11.9. The average molecular weight is 376 g/mol. The van der Waals surface area contributed by atoms with Gasteiger partial charge in [-0.1, -0.05) is 18.2 Å². The van der Waals surface area contributed by atoms with Crippen LogP contribution in [-0.4, -0.2) is 49.4 Å². The van der Waals surface area contributed by atoms with Gasteiger partial charge in [0.05, 0.1) is 28.9 Å². The van der Waals surface area contributed by atoms with E-state index in [1.807, 2.05) is 30.3 Å². The second kappa shape index (κ2) is 7.69. The number of aromatic nitrogens is 1. The van der Waals surface area contributed by atoms with Crippen molar-refractivity contribution in [2.45, 2.75) is 18.9 Å². The summed E-state index contributed by atoms with van der Waals surface area (Å²) in [6.45, 7) is 0.151. The summed E-state index contributed by atoms with van der Waals surface area (Å²) in [7, 11) is -3.03. The molecule has 1 aliphatic rings. The normalized spacial score (nSPS) is 18.4. The number of urea groups is 1. The Bertz CT molecular complexity index is 929. The number of amides is 3. The highest BCUT2D eigenvalue weighted by Gasteiger charge is 2.28. The van der Waals surface area contributed by atoms with E-state index < -0.39 is 15.9 Å². The molecule has 1 fully saturated rings. The average Bonchev–Trinajstić information content (AvgIpc) is 2.93. The van der Waals surface area contributed by atoms with Crippen molar-refractivity contribution in [3.8, 4) is 0 Å². The Balaban J connectivity index is 1.41. The molecule has 3 amide bonds. The summed E-state index contributed by atoms with van der Waals surface area (Å²) in [5, 5.41) is 8.85. The molecule has 0 aliphatic carbocycles. The SMILES string of the molecule is O=C(CCNC(=O)Nc1cnc2ccccc2c1)N[C@@H]1CCS(=O)(=O)C1. The first-order valence-corrected chi connectivity index (χ1v) is 10.1. The quantitative estimate of drug-likeness (QED) is 0.721. The van der Waals surface area contributed by atoms with Gasteiger partial charge in [-0.3, -0.25) is 9.78 Å². The molecule has 0 unspecified atom stereocenters. The van der Waals surface area contributed by atoms with Crippen LogP contribution in [0.5, 0.6) is 0 Å². The summed E-state index contributed by atoms with van der Waals surface area (Å²) in [5.74, 6) is -0.181. The highest BCUT2D eigenvalue weighted by molar-refractivity contribution is 7.91. The van der Waals surface area contributed by atoms with E-state index in [0.29, 0.717) is 12.1 Å². The molecule has 26 heavy (non-hydrogen) atoms. The monoisotopic (exact) mass is 376 g/mol. The molecule has 9 heteroatoms. The maximum Gasteiger partial charge on any atom is 0.319 e. The number of hydrogen-bond donors (Lipinski definition) is 3. The number of benzene rings is 1. The van der Waals surface area contributed by atoms with Crippen molar-refractivity contribution >= 4 is 38.4 Å². The van der Waals surface area contributed by atoms with Crippen LogP contribution in [0.3, 0.4) is 0 Å². The van der Waals surface area contributed by atoms with E-state index in [9.17, 15) is 18.0 Å². The van der Waals surface area contributed by atoms with Crippen LogP contribution in [0.2, 0.25) is 0 Å². The van der Waals surface area contributed by atoms with Gasteiger partial charge >= 0.3 is 6.03 Å². The topological polar surface area (TPSA) is 117 Å². The number of rotatable bonds is 5. The minimum Gasteiger partial charge on any atom is -0.352 e. The number of carbonyl (C=O) groups excluding carboxylic acids is 2. The minimum absolute atomic E-state index is 0.0123. The lowest BCUT2D eigenvalue weighted by Crippen LogP contribution is -2.38. The lowest BCUT2D eigenvalue weighted by atomic mass is 10.2. The van der Waals surface area contributed by atoms with Crippen molar-refractivity contribution in [2.24, 2.45) is 0 Å². The van der Waals surface area contributed by atoms with Crippen LogP contribution in [-0.2, 0) is 14.6 Å². The van der Waals surface area contributed by atoms with Crippen LogP contribution >= 0.6 is 0 Å². The zero-order valence-corrected chi connectivity index (χ0v) is 14.9. The molecular weight excluding hydrogens is 356 g/mol. The van der Waals surface area contributed by atoms with Crippen molar-refractivity contribution in [1.29, 1.82) is 0 Å². The number of nitrogens with zero attached hydrogens (tertiary/aromatic N) is 1. The van der Waals surface area contributed by atoms with Gasteiger partial charge in [0.2, 0.25) is 5.91 Å². The first kappa shape index (κ1) is 18.1. The molecule has 1 aromatic carbocycles. The van der Waals surface area contributed by atoms with Crippen molar-refractivity contribution < 1.29 is 18.0 Å². The Morgan fingerprint density at radius 3 is 2.81 bits per heavy atom. The van der Waals surface area contributed by atoms with Crippen LogP contribution in [0.1, 0.15) is 12.8 Å². The number of pyridine rings is 1. The summed E-state index contributed by atoms with van der Waals surface area (Å²) < 4.78 is 22.7. The number of hydrogen-bond acceptors (Lipinski definition) is 5. The Labute approximate surface area is 151 Å². The van der Waals surface area contributed by atoms with Gasteiger partial charge in [0.15, 0.2) is 9.84 Å². The van der Waals surface area contributed by atoms with Crippen LogP contribution in [0, 0.1) is 0 Å². The molecular formula is C17H20N4O4S. The largest absolute Gasteiger partial charge is 0.352 e. The van der Waals surface area contributed by atoms with Crippen molar-refractivity contribution in [3.05, 3.63) is 36.5 Å². The molecule has 2 aromatic rings. The molecule has 0 spiro atoms. The predicted molar refractivity (Wildman–Crippen MR) is 98.6 cm³/mol. The van der Waals surface area contributed by atoms with Crippen molar-refractivity contribution in [1.82, 2.24) is 15.6 Å². The highest BCUT2D eigenvalue weighted by atomic mass is 32.2. The lowest BCUT2D eigenvalue weighted by Gasteiger charge is -2.11. The maximum absolute atomic E-state index is 11.9. The van der Waals surface area contributed by atoms with Gasteiger partial charge in [-0.05, 0) is 18.6 Å². The van der Waals surface area contributed by atoms with Crippen LogP contribution in [0.15, 0.2) is 36.5 Å². The first-order valence-electron chi connectivity index (χ1n) is 8.31. The zero-order chi connectivity index (χ0) is 18.6. The van der Waals surface area contributed by atoms with Gasteiger partial charge in [0.25, 0.3) is 0 Å². The summed E-state index contributed by atoms with van der Waals surface area (Å²) in [6.07, 6.45) is 2.09. The van der Waals surface area contributed by atoms with E-state index in [-0.39, 0.29) is 36.4 Å². The molecule has 8 nitrogen and oxygen atoms in total. The number of anilines is 1. The van der Waals surface area contributed by atoms with E-state index in [0.717, 1.165) is 10.9 Å². The fourth-order valence-electron chi connectivity index (χ4n) is 2.81. The number of para-hydroxylation sites is 1. The predicted octanol–water partition coefficient (Wildman–Crippen LogP) is 1.05. The van der Waals surface area contributed by atoms with Crippen LogP contribution in [0.4, 0.5) is 10.5 Å². The Kier molecular flexibility index (Phi) is 5.36. The van der Waals surface area contributed by atoms with E-state index in [4.69, 9.17) is 0 Å². The molecule has 1 aliphatic heterocycles. The molecule has 0 saturated carbocycles. The van der Waals surface area contributed by atoms with Gasteiger partial charge in [-0.25, -0.2) is 13.2 Å². The van der Waals surface area contributed by atoms with Crippen molar-refractivity contribution in [3.63, 3.8) is 0 Å². The number of carbonyl (C=O) groups is 2.